The van der Waals surface area contributed by atoms with Crippen molar-refractivity contribution in [2.24, 2.45) is 5.92 Å². The van der Waals surface area contributed by atoms with Gasteiger partial charge in [-0.25, -0.2) is 9.37 Å². The number of imidazole rings is 1. The molecular weight excluding hydrogens is 661 g/mol. The molecule has 2 aromatic heterocycles. The highest BCUT2D eigenvalue weighted by Crippen LogP contribution is 2.52. The fourth-order valence-corrected chi connectivity index (χ4v) is 18.2. The van der Waals surface area contributed by atoms with Gasteiger partial charge in [0.25, 0.3) is 0 Å². The molecule has 2 aliphatic heterocycles. The Kier molecular flexibility index (Phi) is 10.7. The number of rotatable bonds is 7. The summed E-state index contributed by atoms with van der Waals surface area (Å²) < 4.78 is 47.8. The Morgan fingerprint density at radius 1 is 1.04 bits per heavy atom. The summed E-state index contributed by atoms with van der Waals surface area (Å²) in [7, 11) is -8.18. The Morgan fingerprint density at radius 3 is 2.15 bits per heavy atom. The summed E-state index contributed by atoms with van der Waals surface area (Å²) in [5, 5.41) is 2.71. The summed E-state index contributed by atoms with van der Waals surface area (Å²) >= 11 is 6.51. The van der Waals surface area contributed by atoms with Crippen LogP contribution < -0.4 is 5.32 Å². The molecule has 0 aromatic carbocycles. The average Bonchev–Trinajstić information content (AvgIpc) is 3.45. The van der Waals surface area contributed by atoms with Crippen molar-refractivity contribution in [1.29, 1.82) is 0 Å². The summed E-state index contributed by atoms with van der Waals surface area (Å²) in [6.45, 7) is 26.7. The van der Waals surface area contributed by atoms with E-state index in [0.717, 1.165) is 0 Å². The van der Waals surface area contributed by atoms with Crippen molar-refractivity contribution in [3.8, 4) is 11.5 Å². The average molecular weight is 712 g/mol. The summed E-state index contributed by atoms with van der Waals surface area (Å²) in [4.78, 5) is 25.7. The van der Waals surface area contributed by atoms with Crippen molar-refractivity contribution in [1.82, 2.24) is 19.5 Å². The van der Waals surface area contributed by atoms with E-state index in [0.29, 0.717) is 0 Å². The predicted molar refractivity (Wildman–Crippen MR) is 186 cm³/mol. The fourth-order valence-electron chi connectivity index (χ4n) is 6.21. The lowest BCUT2D eigenvalue weighted by Gasteiger charge is -2.51. The molecule has 4 heterocycles. The molecule has 2 aromatic rings. The highest BCUT2D eigenvalue weighted by Gasteiger charge is 2.66. The molecule has 10 nitrogen and oxygen atoms in total. The topological polar surface area (TPSA) is 110 Å². The number of carbonyl (C=O) groups excluding carboxylic acids is 1. The summed E-state index contributed by atoms with van der Waals surface area (Å²) in [6.07, 6.45) is -1.78. The fraction of sp³-hybridized carbons (Fsp3) is 0.742. The second-order valence-corrected chi connectivity index (χ2v) is 29.1. The Labute approximate surface area is 281 Å². The molecule has 4 atom stereocenters. The number of carbonyl (C=O) groups is 1. The second kappa shape index (κ2) is 13.3. The van der Waals surface area contributed by atoms with Gasteiger partial charge in [0.1, 0.15) is 25.8 Å². The molecule has 2 saturated heterocycles. The lowest BCUT2D eigenvalue weighted by Crippen LogP contribution is -2.66. The third-order valence-electron chi connectivity index (χ3n) is 8.76. The summed E-state index contributed by atoms with van der Waals surface area (Å²) in [6, 6.07) is 0. The van der Waals surface area contributed by atoms with E-state index in [-0.39, 0.29) is 62.9 Å². The first-order valence-corrected chi connectivity index (χ1v) is 24.1. The SMILES string of the molecule is CC(C)C(=O)Nc1nc(Cl)c2ncn([C@@H]3O[C@@H]4CO[Si](C(C)C)(C(C)C)O[Si](C(C)C)(C(C)C)O[C@H]4[C@]3(F)C#C[Si](C)(C)C)c2n1. The molecule has 15 heteroatoms. The molecule has 0 unspecified atom stereocenters. The van der Waals surface area contributed by atoms with Crippen LogP contribution in [-0.4, -0.2) is 75.1 Å². The number of aromatic nitrogens is 4. The lowest BCUT2D eigenvalue weighted by molar-refractivity contribution is -0.118. The van der Waals surface area contributed by atoms with E-state index in [1.54, 1.807) is 13.8 Å². The summed E-state index contributed by atoms with van der Waals surface area (Å²) in [5.74, 6) is 2.42. The third kappa shape index (κ3) is 6.76. The molecule has 1 N–H and O–H groups in total. The minimum absolute atomic E-state index is 0.0109. The number of fused-ring (bicyclic) bond motifs is 2. The molecule has 0 saturated carbocycles. The van der Waals surface area contributed by atoms with Crippen LogP contribution in [0.1, 0.15) is 75.5 Å². The zero-order valence-electron chi connectivity index (χ0n) is 29.5. The van der Waals surface area contributed by atoms with Crippen LogP contribution >= 0.6 is 11.6 Å². The van der Waals surface area contributed by atoms with Gasteiger partial charge in [-0.15, -0.1) is 5.54 Å². The maximum absolute atomic E-state index is 18.3. The summed E-state index contributed by atoms with van der Waals surface area (Å²) in [5.41, 5.74) is 1.59. The van der Waals surface area contributed by atoms with E-state index in [1.807, 2.05) is 0 Å². The van der Waals surface area contributed by atoms with Crippen molar-refractivity contribution in [3.63, 3.8) is 0 Å². The van der Waals surface area contributed by atoms with Crippen LogP contribution in [0.5, 0.6) is 0 Å². The number of anilines is 1. The maximum Gasteiger partial charge on any atom is 0.335 e. The van der Waals surface area contributed by atoms with Crippen LogP contribution in [0.2, 0.25) is 47.0 Å². The number of alkyl halides is 1. The van der Waals surface area contributed by atoms with E-state index < -0.39 is 49.3 Å². The van der Waals surface area contributed by atoms with Crippen LogP contribution in [0.25, 0.3) is 11.2 Å². The molecule has 0 radical (unpaired) electrons. The van der Waals surface area contributed by atoms with Crippen molar-refractivity contribution in [3.05, 3.63) is 11.5 Å². The Morgan fingerprint density at radius 2 is 1.63 bits per heavy atom. The molecule has 4 rings (SSSR count). The first-order chi connectivity index (χ1) is 21.2. The number of nitrogens with one attached hydrogen (secondary N) is 1. The van der Waals surface area contributed by atoms with Crippen molar-refractivity contribution in [2.75, 3.05) is 11.9 Å². The van der Waals surface area contributed by atoms with Gasteiger partial charge in [-0.2, -0.15) is 9.97 Å². The van der Waals surface area contributed by atoms with E-state index in [2.05, 4.69) is 107 Å². The van der Waals surface area contributed by atoms with Gasteiger partial charge < -0.3 is 17.7 Å². The minimum atomic E-state index is -3.20. The number of ether oxygens (including phenoxy) is 1. The first-order valence-electron chi connectivity index (χ1n) is 16.3. The molecule has 2 fully saturated rings. The van der Waals surface area contributed by atoms with Gasteiger partial charge >= 0.3 is 17.1 Å². The van der Waals surface area contributed by atoms with Gasteiger partial charge in [-0.05, 0) is 22.2 Å². The predicted octanol–water partition coefficient (Wildman–Crippen LogP) is 7.52. The van der Waals surface area contributed by atoms with Crippen LogP contribution in [-0.2, 0) is 22.5 Å². The van der Waals surface area contributed by atoms with Gasteiger partial charge in [-0.1, -0.05) is 106 Å². The molecule has 2 aliphatic rings. The van der Waals surface area contributed by atoms with Crippen LogP contribution in [0.3, 0.4) is 0 Å². The van der Waals surface area contributed by atoms with Gasteiger partial charge in [0.15, 0.2) is 17.0 Å². The van der Waals surface area contributed by atoms with Crippen molar-refractivity contribution >= 4 is 59.8 Å². The molecule has 0 bridgehead atoms. The van der Waals surface area contributed by atoms with Gasteiger partial charge in [-0.3, -0.25) is 14.7 Å². The Balaban J connectivity index is 1.95. The van der Waals surface area contributed by atoms with E-state index in [1.165, 1.54) is 10.9 Å². The molecule has 0 aliphatic carbocycles. The van der Waals surface area contributed by atoms with Crippen molar-refractivity contribution in [2.45, 2.75) is 135 Å². The zero-order chi connectivity index (χ0) is 34.6. The van der Waals surface area contributed by atoms with Gasteiger partial charge in [0.05, 0.1) is 12.9 Å². The maximum atomic E-state index is 18.3. The van der Waals surface area contributed by atoms with E-state index in [9.17, 15) is 4.79 Å². The van der Waals surface area contributed by atoms with Gasteiger partial charge in [0.2, 0.25) is 17.5 Å². The highest BCUT2D eigenvalue weighted by molar-refractivity contribution is 6.84. The highest BCUT2D eigenvalue weighted by atomic mass is 35.5. The Bertz CT molecular complexity index is 1490. The standard InChI is InChI=1S/C31H51ClFN5O5Si3/c1-18(2)28(39)37-30-35-26(32)24-27(36-30)38(17-34-24)29-31(33,14-15-44(11,12)13)25-23(41-29)16-40-45(19(3)4,20(5)6)43-46(42-25,21(7)8)22(9)10/h17-23,25,29H,16H2,1-13H3,(H,35,36,37,39)/t23-,25-,29-,31-/m1/s1. The minimum Gasteiger partial charge on any atom is -0.414 e. The molecule has 46 heavy (non-hydrogen) atoms. The molecular formula is C31H51ClFN5O5Si3. The smallest absolute Gasteiger partial charge is 0.335 e. The van der Waals surface area contributed by atoms with E-state index >= 15 is 4.39 Å². The van der Waals surface area contributed by atoms with Crippen LogP contribution in [0.15, 0.2) is 6.33 Å². The molecule has 1 amide bonds. The number of amides is 1. The third-order valence-corrected chi connectivity index (χ3v) is 20.1. The number of halogens is 2. The van der Waals surface area contributed by atoms with Crippen molar-refractivity contribution < 1.29 is 26.9 Å². The number of nitrogens with zero attached hydrogens (tertiary/aromatic N) is 4. The van der Waals surface area contributed by atoms with Crippen LogP contribution in [0, 0.1) is 17.4 Å². The quantitative estimate of drug-likeness (QED) is 0.179. The second-order valence-electron chi connectivity index (χ2n) is 15.1. The van der Waals surface area contributed by atoms with E-state index in [4.69, 9.17) is 29.3 Å². The normalized spacial score (nSPS) is 26.4. The zero-order valence-corrected chi connectivity index (χ0v) is 33.2. The molecule has 0 spiro atoms. The molecule has 256 valence electrons. The number of hydrogen-bond acceptors (Lipinski definition) is 8. The lowest BCUT2D eigenvalue weighted by atomic mass is 9.97. The number of hydrogen-bond donors (Lipinski definition) is 1. The largest absolute Gasteiger partial charge is 0.414 e. The Hall–Kier alpha value is -1.71. The van der Waals surface area contributed by atoms with Gasteiger partial charge in [0, 0.05) is 5.92 Å². The first kappa shape index (κ1) is 37.1. The van der Waals surface area contributed by atoms with Crippen LogP contribution in [0.4, 0.5) is 10.3 Å². The monoisotopic (exact) mass is 711 g/mol.